The van der Waals surface area contributed by atoms with Gasteiger partial charge in [-0.1, -0.05) is 53.2 Å². The van der Waals surface area contributed by atoms with E-state index in [2.05, 4.69) is 64.6 Å². The molecule has 0 saturated carbocycles. The Kier molecular flexibility index (Phi) is 4.19. The lowest BCUT2D eigenvalue weighted by Crippen LogP contribution is -1.95. The minimum Gasteiger partial charge on any atom is -0.147 e. The van der Waals surface area contributed by atoms with E-state index in [1.807, 2.05) is 11.3 Å². The lowest BCUT2D eigenvalue weighted by Gasteiger charge is -2.10. The maximum Gasteiger partial charge on any atom is 0.0532 e. The molecule has 2 heteroatoms. The molecule has 1 aromatic heterocycles. The van der Waals surface area contributed by atoms with Gasteiger partial charge in [-0.05, 0) is 35.4 Å². The Balaban J connectivity index is 2.11. The van der Waals surface area contributed by atoms with Crippen LogP contribution in [0.2, 0.25) is 0 Å². The third-order valence-corrected chi connectivity index (χ3v) is 4.86. The van der Waals surface area contributed by atoms with Gasteiger partial charge in [0.05, 0.1) is 4.83 Å². The molecule has 1 atom stereocenters. The molecule has 1 heterocycles. The first kappa shape index (κ1) is 11.9. The van der Waals surface area contributed by atoms with E-state index in [9.17, 15) is 0 Å². The smallest absolute Gasteiger partial charge is 0.0532 e. The fraction of sp³-hybridized carbons (Fsp3) is 0.286. The van der Waals surface area contributed by atoms with Gasteiger partial charge in [0.25, 0.3) is 0 Å². The molecule has 0 saturated heterocycles. The van der Waals surface area contributed by atoms with Crippen LogP contribution in [0, 0.1) is 0 Å². The molecule has 2 rings (SSSR count). The molecule has 2 aromatic rings. The van der Waals surface area contributed by atoms with Gasteiger partial charge < -0.3 is 0 Å². The first-order valence-corrected chi connectivity index (χ1v) is 7.35. The quantitative estimate of drug-likeness (QED) is 0.697. The van der Waals surface area contributed by atoms with E-state index in [1.165, 1.54) is 16.0 Å². The van der Waals surface area contributed by atoms with Crippen molar-refractivity contribution in [2.75, 3.05) is 0 Å². The van der Waals surface area contributed by atoms with Crippen LogP contribution in [0.15, 0.2) is 41.8 Å². The Morgan fingerprint density at radius 2 is 1.94 bits per heavy atom. The van der Waals surface area contributed by atoms with Crippen LogP contribution in [-0.2, 0) is 12.8 Å². The Morgan fingerprint density at radius 1 is 1.19 bits per heavy atom. The zero-order valence-electron chi connectivity index (χ0n) is 9.32. The highest BCUT2D eigenvalue weighted by Crippen LogP contribution is 2.33. The summed E-state index contributed by atoms with van der Waals surface area (Å²) in [6, 6.07) is 12.9. The van der Waals surface area contributed by atoms with Crippen molar-refractivity contribution in [2.24, 2.45) is 0 Å². The van der Waals surface area contributed by atoms with E-state index in [4.69, 9.17) is 0 Å². The van der Waals surface area contributed by atoms with Crippen molar-refractivity contribution >= 4 is 27.3 Å². The highest BCUT2D eigenvalue weighted by Gasteiger charge is 2.13. The molecule has 0 aliphatic heterocycles. The molecule has 0 radical (unpaired) electrons. The first-order chi connectivity index (χ1) is 7.81. The Morgan fingerprint density at radius 3 is 2.62 bits per heavy atom. The molecule has 0 aliphatic carbocycles. The standard InChI is InChI=1S/C14H15BrS/c1-2-12-8-9-16-14(12)13(15)10-11-6-4-3-5-7-11/h3-9,13H,2,10H2,1H3. The van der Waals surface area contributed by atoms with Crippen LogP contribution in [0.25, 0.3) is 0 Å². The summed E-state index contributed by atoms with van der Waals surface area (Å²) in [5, 5.41) is 2.19. The molecule has 0 N–H and O–H groups in total. The highest BCUT2D eigenvalue weighted by molar-refractivity contribution is 9.09. The van der Waals surface area contributed by atoms with Gasteiger partial charge in [0.1, 0.15) is 0 Å². The fourth-order valence-corrected chi connectivity index (χ4v) is 3.79. The second kappa shape index (κ2) is 5.65. The van der Waals surface area contributed by atoms with E-state index < -0.39 is 0 Å². The number of rotatable bonds is 4. The van der Waals surface area contributed by atoms with E-state index in [0.29, 0.717) is 4.83 Å². The zero-order chi connectivity index (χ0) is 11.4. The molecule has 1 unspecified atom stereocenters. The van der Waals surface area contributed by atoms with E-state index in [-0.39, 0.29) is 0 Å². The maximum atomic E-state index is 3.80. The number of hydrogen-bond donors (Lipinski definition) is 0. The molecular formula is C14H15BrS. The van der Waals surface area contributed by atoms with E-state index in [1.54, 1.807) is 0 Å². The van der Waals surface area contributed by atoms with Crippen molar-refractivity contribution < 1.29 is 0 Å². The first-order valence-electron chi connectivity index (χ1n) is 5.55. The average Bonchev–Trinajstić information content (AvgIpc) is 2.78. The number of thiophene rings is 1. The van der Waals surface area contributed by atoms with Crippen LogP contribution in [0.3, 0.4) is 0 Å². The summed E-state index contributed by atoms with van der Waals surface area (Å²) >= 11 is 5.66. The number of benzene rings is 1. The summed E-state index contributed by atoms with van der Waals surface area (Å²) in [5.74, 6) is 0. The monoisotopic (exact) mass is 294 g/mol. The molecular weight excluding hydrogens is 280 g/mol. The SMILES string of the molecule is CCc1ccsc1C(Br)Cc1ccccc1. The van der Waals surface area contributed by atoms with Crippen molar-refractivity contribution in [1.29, 1.82) is 0 Å². The van der Waals surface area contributed by atoms with Crippen LogP contribution in [0.1, 0.15) is 27.8 Å². The summed E-state index contributed by atoms with van der Waals surface area (Å²) in [6.07, 6.45) is 2.18. The number of halogens is 1. The van der Waals surface area contributed by atoms with Gasteiger partial charge in [0, 0.05) is 4.88 Å². The van der Waals surface area contributed by atoms with Crippen LogP contribution in [0.4, 0.5) is 0 Å². The number of alkyl halides is 1. The van der Waals surface area contributed by atoms with Gasteiger partial charge in [-0.3, -0.25) is 0 Å². The predicted molar refractivity (Wildman–Crippen MR) is 75.5 cm³/mol. The summed E-state index contributed by atoms with van der Waals surface area (Å²) in [7, 11) is 0. The van der Waals surface area contributed by atoms with Crippen LogP contribution >= 0.6 is 27.3 Å². The van der Waals surface area contributed by atoms with Crippen LogP contribution < -0.4 is 0 Å². The molecule has 0 bridgehead atoms. The van der Waals surface area contributed by atoms with Gasteiger partial charge in [0.15, 0.2) is 0 Å². The van der Waals surface area contributed by atoms with Gasteiger partial charge >= 0.3 is 0 Å². The van der Waals surface area contributed by atoms with Gasteiger partial charge in [-0.25, -0.2) is 0 Å². The minimum absolute atomic E-state index is 0.449. The van der Waals surface area contributed by atoms with Gasteiger partial charge in [0.2, 0.25) is 0 Å². The molecule has 1 aromatic carbocycles. The normalized spacial score (nSPS) is 12.6. The molecule has 0 fully saturated rings. The average molecular weight is 295 g/mol. The summed E-state index contributed by atoms with van der Waals surface area (Å²) < 4.78 is 0. The lowest BCUT2D eigenvalue weighted by atomic mass is 10.1. The van der Waals surface area contributed by atoms with E-state index in [0.717, 1.165) is 12.8 Å². The van der Waals surface area contributed by atoms with Crippen molar-refractivity contribution in [3.05, 3.63) is 57.8 Å². The summed E-state index contributed by atoms with van der Waals surface area (Å²) in [5.41, 5.74) is 2.86. The summed E-state index contributed by atoms with van der Waals surface area (Å²) in [6.45, 7) is 2.22. The molecule has 0 aliphatic rings. The van der Waals surface area contributed by atoms with Crippen LogP contribution in [0.5, 0.6) is 0 Å². The summed E-state index contributed by atoms with van der Waals surface area (Å²) in [4.78, 5) is 1.93. The highest BCUT2D eigenvalue weighted by atomic mass is 79.9. The van der Waals surface area contributed by atoms with Crippen molar-refractivity contribution in [3.8, 4) is 0 Å². The lowest BCUT2D eigenvalue weighted by molar-refractivity contribution is 0.946. The minimum atomic E-state index is 0.449. The van der Waals surface area contributed by atoms with Gasteiger partial charge in [-0.15, -0.1) is 11.3 Å². The largest absolute Gasteiger partial charge is 0.147 e. The third kappa shape index (κ3) is 2.74. The number of aryl methyl sites for hydroxylation is 1. The topological polar surface area (TPSA) is 0 Å². The molecule has 84 valence electrons. The second-order valence-electron chi connectivity index (χ2n) is 3.82. The third-order valence-electron chi connectivity index (χ3n) is 2.70. The van der Waals surface area contributed by atoms with Crippen LogP contribution in [-0.4, -0.2) is 0 Å². The molecule has 16 heavy (non-hydrogen) atoms. The fourth-order valence-electron chi connectivity index (χ4n) is 1.83. The number of hydrogen-bond acceptors (Lipinski definition) is 1. The predicted octanol–water partition coefficient (Wildman–Crippen LogP) is 4.99. The molecule has 0 spiro atoms. The zero-order valence-corrected chi connectivity index (χ0v) is 11.7. The van der Waals surface area contributed by atoms with E-state index >= 15 is 0 Å². The molecule has 0 amide bonds. The van der Waals surface area contributed by atoms with Crippen molar-refractivity contribution in [2.45, 2.75) is 24.6 Å². The second-order valence-corrected chi connectivity index (χ2v) is 5.87. The Labute approximate surface area is 109 Å². The Bertz CT molecular complexity index is 433. The maximum absolute atomic E-state index is 3.80. The van der Waals surface area contributed by atoms with Crippen molar-refractivity contribution in [3.63, 3.8) is 0 Å². The molecule has 0 nitrogen and oxygen atoms in total. The Hall–Kier alpha value is -0.600. The van der Waals surface area contributed by atoms with Gasteiger partial charge in [-0.2, -0.15) is 0 Å². The van der Waals surface area contributed by atoms with Crippen molar-refractivity contribution in [1.82, 2.24) is 0 Å².